The number of rotatable bonds is 5. The normalized spacial score (nSPS) is 14.3. The van der Waals surface area contributed by atoms with E-state index in [0.29, 0.717) is 43.0 Å². The highest BCUT2D eigenvalue weighted by molar-refractivity contribution is 5.82. The lowest BCUT2D eigenvalue weighted by molar-refractivity contribution is -0.137. The zero-order chi connectivity index (χ0) is 25.3. The molecule has 186 valence electrons. The van der Waals surface area contributed by atoms with E-state index in [0.717, 1.165) is 23.2 Å². The molecule has 4 heterocycles. The topological polar surface area (TPSA) is 76.4 Å². The Morgan fingerprint density at radius 2 is 1.78 bits per heavy atom. The number of alkyl halides is 3. The van der Waals surface area contributed by atoms with E-state index in [1.165, 1.54) is 25.6 Å². The SMILES string of the molecule is COc1ncc(-c2cc(C(F)(F)F)ccc2N2CCN(C(=O)Cn3ccc4cccnc43)CC2)cn1. The van der Waals surface area contributed by atoms with Gasteiger partial charge in [-0.25, -0.2) is 15.0 Å². The predicted molar refractivity (Wildman–Crippen MR) is 128 cm³/mol. The van der Waals surface area contributed by atoms with Crippen molar-refractivity contribution in [2.75, 3.05) is 38.2 Å². The lowest BCUT2D eigenvalue weighted by Gasteiger charge is -2.37. The van der Waals surface area contributed by atoms with Crippen LogP contribution in [0.4, 0.5) is 18.9 Å². The van der Waals surface area contributed by atoms with Crippen molar-refractivity contribution in [3.05, 3.63) is 66.7 Å². The van der Waals surface area contributed by atoms with Gasteiger partial charge in [-0.05, 0) is 36.4 Å². The summed E-state index contributed by atoms with van der Waals surface area (Å²) in [5.74, 6) is -0.0333. The van der Waals surface area contributed by atoms with Crippen molar-refractivity contribution in [2.45, 2.75) is 12.7 Å². The minimum absolute atomic E-state index is 0.0333. The molecular formula is C25H23F3N6O2. The number of carbonyl (C=O) groups is 1. The van der Waals surface area contributed by atoms with E-state index in [4.69, 9.17) is 4.74 Å². The molecule has 5 rings (SSSR count). The first kappa shape index (κ1) is 23.6. The molecule has 0 saturated carbocycles. The molecule has 0 atom stereocenters. The Morgan fingerprint density at radius 3 is 2.47 bits per heavy atom. The van der Waals surface area contributed by atoms with Crippen molar-refractivity contribution >= 4 is 22.6 Å². The summed E-state index contributed by atoms with van der Waals surface area (Å²) in [5.41, 5.74) is 1.45. The number of fused-ring (bicyclic) bond motifs is 1. The lowest BCUT2D eigenvalue weighted by Crippen LogP contribution is -2.49. The summed E-state index contributed by atoms with van der Waals surface area (Å²) >= 11 is 0. The largest absolute Gasteiger partial charge is 0.467 e. The second-order valence-electron chi connectivity index (χ2n) is 8.42. The standard InChI is InChI=1S/C25H23F3N6O2/c1-36-24-30-14-18(15-31-24)20-13-19(25(26,27)28)4-5-21(20)32-9-11-33(12-10-32)22(35)16-34-8-6-17-3-2-7-29-23(17)34/h2-8,13-15H,9-12,16H2,1H3. The number of hydrogen-bond donors (Lipinski definition) is 0. The highest BCUT2D eigenvalue weighted by atomic mass is 19.4. The number of hydrogen-bond acceptors (Lipinski definition) is 6. The molecule has 0 unspecified atom stereocenters. The number of benzene rings is 1. The van der Waals surface area contributed by atoms with E-state index >= 15 is 0 Å². The zero-order valence-electron chi connectivity index (χ0n) is 19.4. The zero-order valence-corrected chi connectivity index (χ0v) is 19.4. The van der Waals surface area contributed by atoms with Crippen LogP contribution in [-0.4, -0.2) is 63.6 Å². The summed E-state index contributed by atoms with van der Waals surface area (Å²) in [4.78, 5) is 29.2. The molecule has 1 amide bonds. The van der Waals surface area contributed by atoms with Crippen LogP contribution in [0.1, 0.15) is 5.56 Å². The predicted octanol–water partition coefficient (Wildman–Crippen LogP) is 3.87. The summed E-state index contributed by atoms with van der Waals surface area (Å²) in [5, 5.41) is 0.965. The van der Waals surface area contributed by atoms with E-state index in [2.05, 4.69) is 15.0 Å². The maximum absolute atomic E-state index is 13.5. The Bertz CT molecular complexity index is 1380. The third kappa shape index (κ3) is 4.68. The van der Waals surface area contributed by atoms with Crippen molar-refractivity contribution in [3.63, 3.8) is 0 Å². The fourth-order valence-electron chi connectivity index (χ4n) is 4.37. The van der Waals surface area contributed by atoms with Gasteiger partial charge in [-0.2, -0.15) is 13.2 Å². The smallest absolute Gasteiger partial charge is 0.416 e. The van der Waals surface area contributed by atoms with Crippen molar-refractivity contribution in [3.8, 4) is 17.1 Å². The van der Waals surface area contributed by atoms with Gasteiger partial charge in [-0.3, -0.25) is 4.79 Å². The highest BCUT2D eigenvalue weighted by Crippen LogP contribution is 2.37. The highest BCUT2D eigenvalue weighted by Gasteiger charge is 2.32. The van der Waals surface area contributed by atoms with E-state index in [1.54, 1.807) is 11.1 Å². The molecule has 3 aromatic heterocycles. The molecule has 0 bridgehead atoms. The first-order chi connectivity index (χ1) is 17.3. The Kier molecular flexibility index (Phi) is 6.21. The van der Waals surface area contributed by atoms with Crippen molar-refractivity contribution in [1.29, 1.82) is 0 Å². The summed E-state index contributed by atoms with van der Waals surface area (Å²) in [6, 6.07) is 9.50. The number of pyridine rings is 1. The maximum atomic E-state index is 13.5. The number of piperazine rings is 1. The Hall–Kier alpha value is -4.15. The van der Waals surface area contributed by atoms with Gasteiger partial charge < -0.3 is 19.1 Å². The summed E-state index contributed by atoms with van der Waals surface area (Å²) in [6.45, 7) is 2.03. The summed E-state index contributed by atoms with van der Waals surface area (Å²) in [7, 11) is 1.42. The van der Waals surface area contributed by atoms with Crippen LogP contribution in [0.15, 0.2) is 61.2 Å². The maximum Gasteiger partial charge on any atom is 0.416 e. The molecule has 1 saturated heterocycles. The van der Waals surface area contributed by atoms with Gasteiger partial charge in [-0.15, -0.1) is 0 Å². The molecule has 36 heavy (non-hydrogen) atoms. The van der Waals surface area contributed by atoms with Crippen LogP contribution < -0.4 is 9.64 Å². The van der Waals surface area contributed by atoms with Gasteiger partial charge in [0.25, 0.3) is 0 Å². The average molecular weight is 496 g/mol. The van der Waals surface area contributed by atoms with Gasteiger partial charge in [0.1, 0.15) is 12.2 Å². The van der Waals surface area contributed by atoms with Gasteiger partial charge in [0, 0.05) is 73.2 Å². The number of amides is 1. The number of aromatic nitrogens is 4. The van der Waals surface area contributed by atoms with Crippen LogP contribution in [0.3, 0.4) is 0 Å². The molecular weight excluding hydrogens is 473 g/mol. The van der Waals surface area contributed by atoms with Crippen molar-refractivity contribution in [2.24, 2.45) is 0 Å². The Balaban J connectivity index is 1.34. The minimum Gasteiger partial charge on any atom is -0.467 e. The summed E-state index contributed by atoms with van der Waals surface area (Å²) < 4.78 is 47.2. The van der Waals surface area contributed by atoms with E-state index in [9.17, 15) is 18.0 Å². The number of ether oxygens (including phenoxy) is 1. The molecule has 0 spiro atoms. The van der Waals surface area contributed by atoms with Gasteiger partial charge in [-0.1, -0.05) is 0 Å². The Morgan fingerprint density at radius 1 is 1.03 bits per heavy atom. The average Bonchev–Trinajstić information content (AvgIpc) is 3.30. The molecule has 1 fully saturated rings. The molecule has 1 aliphatic heterocycles. The van der Waals surface area contributed by atoms with Gasteiger partial charge >= 0.3 is 12.2 Å². The van der Waals surface area contributed by atoms with Gasteiger partial charge in [0.15, 0.2) is 0 Å². The van der Waals surface area contributed by atoms with Gasteiger partial charge in [0.05, 0.1) is 12.7 Å². The monoisotopic (exact) mass is 496 g/mol. The van der Waals surface area contributed by atoms with Crippen LogP contribution in [0, 0.1) is 0 Å². The van der Waals surface area contributed by atoms with Crippen LogP contribution in [0.5, 0.6) is 6.01 Å². The van der Waals surface area contributed by atoms with E-state index in [-0.39, 0.29) is 18.5 Å². The third-order valence-electron chi connectivity index (χ3n) is 6.25. The number of anilines is 1. The Labute approximate surface area is 205 Å². The molecule has 1 aromatic carbocycles. The third-order valence-corrected chi connectivity index (χ3v) is 6.25. The molecule has 0 N–H and O–H groups in total. The second-order valence-corrected chi connectivity index (χ2v) is 8.42. The lowest BCUT2D eigenvalue weighted by atomic mass is 10.0. The molecule has 11 heteroatoms. The first-order valence-corrected chi connectivity index (χ1v) is 11.3. The number of carbonyl (C=O) groups excluding carboxylic acids is 1. The fraction of sp³-hybridized carbons (Fsp3) is 0.280. The minimum atomic E-state index is -4.48. The van der Waals surface area contributed by atoms with Crippen LogP contribution >= 0.6 is 0 Å². The molecule has 0 radical (unpaired) electrons. The number of methoxy groups -OCH3 is 1. The molecule has 0 aliphatic carbocycles. The van der Waals surface area contributed by atoms with E-state index in [1.807, 2.05) is 33.9 Å². The van der Waals surface area contributed by atoms with Crippen LogP contribution in [0.25, 0.3) is 22.2 Å². The van der Waals surface area contributed by atoms with Gasteiger partial charge in [0.2, 0.25) is 5.91 Å². The molecule has 1 aliphatic rings. The first-order valence-electron chi connectivity index (χ1n) is 11.3. The summed E-state index contributed by atoms with van der Waals surface area (Å²) in [6.07, 6.45) is 1.94. The van der Waals surface area contributed by atoms with E-state index < -0.39 is 11.7 Å². The number of nitrogens with zero attached hydrogens (tertiary/aromatic N) is 6. The molecule has 4 aromatic rings. The van der Waals surface area contributed by atoms with Crippen molar-refractivity contribution < 1.29 is 22.7 Å². The van der Waals surface area contributed by atoms with Crippen LogP contribution in [-0.2, 0) is 17.5 Å². The fourth-order valence-corrected chi connectivity index (χ4v) is 4.37. The van der Waals surface area contributed by atoms with Crippen LogP contribution in [0.2, 0.25) is 0 Å². The number of halogens is 3. The second kappa shape index (κ2) is 9.48. The van der Waals surface area contributed by atoms with Crippen molar-refractivity contribution in [1.82, 2.24) is 24.4 Å². The molecule has 8 nitrogen and oxygen atoms in total. The quantitative estimate of drug-likeness (QED) is 0.418.